The number of carbonyl (C=O) groups is 1. The monoisotopic (exact) mass is 246 g/mol. The topological polar surface area (TPSA) is 74.4 Å². The average molecular weight is 247 g/mol. The molecule has 1 atom stereocenters. The minimum Gasteiger partial charge on any atom is -0.481 e. The molecule has 0 spiro atoms. The van der Waals surface area contributed by atoms with E-state index in [0.29, 0.717) is 5.88 Å². The summed E-state index contributed by atoms with van der Waals surface area (Å²) in [5.41, 5.74) is 6.56. The molecule has 90 valence electrons. The predicted molar refractivity (Wildman–Crippen MR) is 61.6 cm³/mol. The van der Waals surface area contributed by atoms with Gasteiger partial charge in [-0.1, -0.05) is 6.07 Å². The van der Waals surface area contributed by atoms with Crippen molar-refractivity contribution in [2.45, 2.75) is 12.5 Å². The van der Waals surface area contributed by atoms with Gasteiger partial charge in [-0.2, -0.15) is 0 Å². The first-order valence-electron chi connectivity index (χ1n) is 4.49. The van der Waals surface area contributed by atoms with E-state index in [2.05, 4.69) is 9.72 Å². The van der Waals surface area contributed by atoms with Gasteiger partial charge in [0.1, 0.15) is 0 Å². The Labute approximate surface area is 100 Å². The fourth-order valence-electron chi connectivity index (χ4n) is 1.11. The van der Waals surface area contributed by atoms with Crippen LogP contribution in [0.25, 0.3) is 0 Å². The molecule has 0 aliphatic rings. The van der Waals surface area contributed by atoms with Crippen LogP contribution in [0.3, 0.4) is 0 Å². The maximum absolute atomic E-state index is 11.0. The van der Waals surface area contributed by atoms with Crippen LogP contribution < -0.4 is 10.5 Å². The lowest BCUT2D eigenvalue weighted by Gasteiger charge is -2.10. The van der Waals surface area contributed by atoms with Crippen molar-refractivity contribution in [1.29, 1.82) is 0 Å². The maximum Gasteiger partial charge on any atom is 0.307 e. The molecular formula is C10H15ClN2O3. The summed E-state index contributed by atoms with van der Waals surface area (Å²) in [5, 5.41) is 0. The number of halogens is 1. The first-order valence-corrected chi connectivity index (χ1v) is 4.49. The van der Waals surface area contributed by atoms with Crippen LogP contribution in [0.15, 0.2) is 18.3 Å². The third kappa shape index (κ3) is 4.04. The highest BCUT2D eigenvalue weighted by atomic mass is 35.5. The third-order valence-corrected chi connectivity index (χ3v) is 2.01. The molecule has 5 nitrogen and oxygen atoms in total. The molecular weight excluding hydrogens is 232 g/mol. The van der Waals surface area contributed by atoms with Gasteiger partial charge in [-0.25, -0.2) is 4.98 Å². The van der Waals surface area contributed by atoms with Crippen LogP contribution in [0.4, 0.5) is 0 Å². The van der Waals surface area contributed by atoms with Crippen LogP contribution in [-0.2, 0) is 9.53 Å². The van der Waals surface area contributed by atoms with Gasteiger partial charge in [-0.05, 0) is 5.56 Å². The van der Waals surface area contributed by atoms with Crippen molar-refractivity contribution >= 4 is 18.4 Å². The van der Waals surface area contributed by atoms with Gasteiger partial charge in [0.25, 0.3) is 0 Å². The van der Waals surface area contributed by atoms with Gasteiger partial charge in [-0.15, -0.1) is 12.4 Å². The Balaban J connectivity index is 0.00000225. The fourth-order valence-corrected chi connectivity index (χ4v) is 1.11. The zero-order chi connectivity index (χ0) is 11.3. The molecule has 0 radical (unpaired) electrons. The normalized spacial score (nSPS) is 11.2. The molecule has 2 N–H and O–H groups in total. The molecule has 1 aromatic rings. The summed E-state index contributed by atoms with van der Waals surface area (Å²) in [6, 6.07) is 3.09. The van der Waals surface area contributed by atoms with Crippen molar-refractivity contribution < 1.29 is 14.3 Å². The van der Waals surface area contributed by atoms with Gasteiger partial charge in [0.15, 0.2) is 0 Å². The number of ether oxygens (including phenoxy) is 2. The second kappa shape index (κ2) is 7.03. The summed E-state index contributed by atoms with van der Waals surface area (Å²) >= 11 is 0. The first kappa shape index (κ1) is 14.7. The first-order chi connectivity index (χ1) is 7.17. The van der Waals surface area contributed by atoms with Crippen molar-refractivity contribution in [1.82, 2.24) is 4.98 Å². The van der Waals surface area contributed by atoms with Crippen LogP contribution in [0, 0.1) is 0 Å². The number of hydrogen-bond acceptors (Lipinski definition) is 5. The highest BCUT2D eigenvalue weighted by Crippen LogP contribution is 2.15. The van der Waals surface area contributed by atoms with E-state index in [4.69, 9.17) is 10.5 Å². The minimum absolute atomic E-state index is 0. The third-order valence-electron chi connectivity index (χ3n) is 2.01. The summed E-state index contributed by atoms with van der Waals surface area (Å²) < 4.78 is 9.43. The second-order valence-electron chi connectivity index (χ2n) is 3.02. The average Bonchev–Trinajstić information content (AvgIpc) is 2.29. The van der Waals surface area contributed by atoms with Gasteiger partial charge in [0.05, 0.1) is 20.6 Å². The number of aromatic nitrogens is 1. The Bertz CT molecular complexity index is 329. The predicted octanol–water partition coefficient (Wildman–Crippen LogP) is 1.07. The van der Waals surface area contributed by atoms with E-state index < -0.39 is 6.04 Å². The molecule has 0 unspecified atom stereocenters. The van der Waals surface area contributed by atoms with E-state index >= 15 is 0 Å². The van der Waals surface area contributed by atoms with E-state index in [1.807, 2.05) is 0 Å². The maximum atomic E-state index is 11.0. The molecule has 0 amide bonds. The lowest BCUT2D eigenvalue weighted by Crippen LogP contribution is -2.16. The summed E-state index contributed by atoms with van der Waals surface area (Å²) in [7, 11) is 2.87. The Morgan fingerprint density at radius 3 is 2.62 bits per heavy atom. The molecule has 16 heavy (non-hydrogen) atoms. The van der Waals surface area contributed by atoms with E-state index in [-0.39, 0.29) is 24.8 Å². The van der Waals surface area contributed by atoms with Crippen molar-refractivity contribution in [3.05, 3.63) is 23.9 Å². The van der Waals surface area contributed by atoms with E-state index in [9.17, 15) is 4.79 Å². The van der Waals surface area contributed by atoms with Gasteiger partial charge >= 0.3 is 5.97 Å². The molecule has 0 fully saturated rings. The highest BCUT2D eigenvalue weighted by Gasteiger charge is 2.12. The molecule has 1 heterocycles. The number of methoxy groups -OCH3 is 2. The lowest BCUT2D eigenvalue weighted by atomic mass is 10.1. The second-order valence-corrected chi connectivity index (χ2v) is 3.02. The summed E-state index contributed by atoms with van der Waals surface area (Å²) in [5.74, 6) is 0.183. The van der Waals surface area contributed by atoms with Crippen LogP contribution in [-0.4, -0.2) is 25.2 Å². The van der Waals surface area contributed by atoms with Crippen LogP contribution >= 0.6 is 12.4 Å². The number of pyridine rings is 1. The zero-order valence-electron chi connectivity index (χ0n) is 9.17. The number of rotatable bonds is 4. The largest absolute Gasteiger partial charge is 0.481 e. The SMILES string of the molecule is COC(=O)C[C@@H](N)c1ccc(OC)nc1.Cl. The fraction of sp³-hybridized carbons (Fsp3) is 0.400. The number of esters is 1. The minimum atomic E-state index is -0.393. The number of nitrogens with zero attached hydrogens (tertiary/aromatic N) is 1. The number of carbonyl (C=O) groups excluding carboxylic acids is 1. The summed E-state index contributed by atoms with van der Waals surface area (Å²) in [6.07, 6.45) is 1.73. The van der Waals surface area contributed by atoms with Gasteiger partial charge in [0, 0.05) is 18.3 Å². The van der Waals surface area contributed by atoms with Gasteiger partial charge < -0.3 is 15.2 Å². The summed E-state index contributed by atoms with van der Waals surface area (Å²) in [4.78, 5) is 15.0. The Morgan fingerprint density at radius 2 is 2.19 bits per heavy atom. The lowest BCUT2D eigenvalue weighted by molar-refractivity contribution is -0.141. The molecule has 0 saturated carbocycles. The van der Waals surface area contributed by atoms with Crippen LogP contribution in [0.2, 0.25) is 0 Å². The highest BCUT2D eigenvalue weighted by molar-refractivity contribution is 5.85. The molecule has 0 bridgehead atoms. The standard InChI is InChI=1S/C10H14N2O3.ClH/c1-14-9-4-3-7(6-12-9)8(11)5-10(13)15-2;/h3-4,6,8H,5,11H2,1-2H3;1H/t8-;/m1./s1. The van der Waals surface area contributed by atoms with E-state index in [1.165, 1.54) is 14.2 Å². The zero-order valence-corrected chi connectivity index (χ0v) is 9.99. The van der Waals surface area contributed by atoms with Crippen molar-refractivity contribution in [3.63, 3.8) is 0 Å². The molecule has 0 aliphatic heterocycles. The van der Waals surface area contributed by atoms with E-state index in [1.54, 1.807) is 18.3 Å². The smallest absolute Gasteiger partial charge is 0.307 e. The van der Waals surface area contributed by atoms with Gasteiger partial charge in [0.2, 0.25) is 5.88 Å². The molecule has 1 aromatic heterocycles. The van der Waals surface area contributed by atoms with Crippen molar-refractivity contribution in [2.24, 2.45) is 5.73 Å². The Kier molecular flexibility index (Phi) is 6.44. The molecule has 1 rings (SSSR count). The number of hydrogen-bond donors (Lipinski definition) is 1. The Hall–Kier alpha value is -1.33. The van der Waals surface area contributed by atoms with Gasteiger partial charge in [-0.3, -0.25) is 4.79 Å². The molecule has 0 saturated heterocycles. The van der Waals surface area contributed by atoms with Crippen LogP contribution in [0.1, 0.15) is 18.0 Å². The molecule has 0 aliphatic carbocycles. The van der Waals surface area contributed by atoms with Crippen molar-refractivity contribution in [3.8, 4) is 5.88 Å². The molecule has 0 aromatic carbocycles. The quantitative estimate of drug-likeness (QED) is 0.805. The van der Waals surface area contributed by atoms with E-state index in [0.717, 1.165) is 5.56 Å². The molecule has 6 heteroatoms. The summed E-state index contributed by atoms with van der Waals surface area (Å²) in [6.45, 7) is 0. The number of nitrogens with two attached hydrogens (primary N) is 1. The van der Waals surface area contributed by atoms with Crippen LogP contribution in [0.5, 0.6) is 5.88 Å². The Morgan fingerprint density at radius 1 is 1.50 bits per heavy atom. The van der Waals surface area contributed by atoms with Crippen molar-refractivity contribution in [2.75, 3.05) is 14.2 Å².